The first-order valence-electron chi connectivity index (χ1n) is 8.48. The van der Waals surface area contributed by atoms with Crippen LogP contribution >= 0.6 is 15.9 Å². The van der Waals surface area contributed by atoms with Crippen molar-refractivity contribution in [3.05, 3.63) is 59.0 Å². The van der Waals surface area contributed by atoms with Crippen LogP contribution in [0.4, 0.5) is 0 Å². The molecular weight excluding hydrogens is 396 g/mol. The van der Waals surface area contributed by atoms with Crippen molar-refractivity contribution in [2.24, 2.45) is 0 Å². The molecule has 2 aromatic heterocycles. The van der Waals surface area contributed by atoms with Gasteiger partial charge in [0.05, 0.1) is 16.5 Å². The minimum atomic E-state index is -0.116. The Balaban J connectivity index is 1.47. The number of ether oxygens (including phenoxy) is 1. The molecule has 0 N–H and O–H groups in total. The molecule has 26 heavy (non-hydrogen) atoms. The highest BCUT2D eigenvalue weighted by Gasteiger charge is 2.27. The lowest BCUT2D eigenvalue weighted by atomic mass is 10.1. The molecule has 0 bridgehead atoms. The number of fused-ring (bicyclic) bond motifs is 1. The molecule has 0 unspecified atom stereocenters. The molecule has 1 atom stereocenters. The number of benzene rings is 1. The van der Waals surface area contributed by atoms with Crippen LogP contribution in [0.15, 0.2) is 53.3 Å². The molecule has 0 aliphatic carbocycles. The fourth-order valence-electron chi connectivity index (χ4n) is 3.08. The van der Waals surface area contributed by atoms with Gasteiger partial charge in [0.2, 0.25) is 0 Å². The highest BCUT2D eigenvalue weighted by atomic mass is 79.9. The molecule has 7 heteroatoms. The summed E-state index contributed by atoms with van der Waals surface area (Å²) < 4.78 is 6.64. The van der Waals surface area contributed by atoms with Crippen molar-refractivity contribution < 1.29 is 9.53 Å². The molecule has 6 nitrogen and oxygen atoms in total. The molecular formula is C19H17BrN4O2. The minimum Gasteiger partial charge on any atom is -0.458 e. The van der Waals surface area contributed by atoms with Crippen LogP contribution in [-0.2, 0) is 0 Å². The highest BCUT2D eigenvalue weighted by Crippen LogP contribution is 2.19. The van der Waals surface area contributed by atoms with E-state index >= 15 is 0 Å². The summed E-state index contributed by atoms with van der Waals surface area (Å²) in [4.78, 5) is 27.4. The van der Waals surface area contributed by atoms with Gasteiger partial charge in [-0.25, -0.2) is 15.0 Å². The number of carbonyl (C=O) groups excluding carboxylic acids is 1. The van der Waals surface area contributed by atoms with Gasteiger partial charge in [0.15, 0.2) is 0 Å². The van der Waals surface area contributed by atoms with Crippen molar-refractivity contribution >= 4 is 32.7 Å². The summed E-state index contributed by atoms with van der Waals surface area (Å²) in [5.41, 5.74) is 1.29. The summed E-state index contributed by atoms with van der Waals surface area (Å²) >= 11 is 3.30. The highest BCUT2D eigenvalue weighted by molar-refractivity contribution is 9.10. The summed E-state index contributed by atoms with van der Waals surface area (Å²) in [7, 11) is 0. The van der Waals surface area contributed by atoms with Gasteiger partial charge >= 0.3 is 6.01 Å². The van der Waals surface area contributed by atoms with Crippen LogP contribution in [0.2, 0.25) is 0 Å². The van der Waals surface area contributed by atoms with E-state index in [-0.39, 0.29) is 12.0 Å². The van der Waals surface area contributed by atoms with Crippen molar-refractivity contribution in [3.8, 4) is 6.01 Å². The van der Waals surface area contributed by atoms with Gasteiger partial charge in [0, 0.05) is 24.3 Å². The van der Waals surface area contributed by atoms with Crippen molar-refractivity contribution in [3.63, 3.8) is 0 Å². The van der Waals surface area contributed by atoms with Crippen molar-refractivity contribution in [2.75, 3.05) is 13.1 Å². The first kappa shape index (κ1) is 16.9. The molecule has 1 fully saturated rings. The Hall–Kier alpha value is -2.54. The summed E-state index contributed by atoms with van der Waals surface area (Å²) in [5, 5.41) is 1.02. The number of amides is 1. The lowest BCUT2D eigenvalue weighted by molar-refractivity contribution is 0.0511. The number of para-hydroxylation sites is 1. The lowest BCUT2D eigenvalue weighted by Gasteiger charge is -2.32. The second kappa shape index (κ2) is 7.37. The smallest absolute Gasteiger partial charge is 0.316 e. The number of halogens is 1. The van der Waals surface area contributed by atoms with E-state index < -0.39 is 0 Å². The number of aromatic nitrogens is 3. The number of rotatable bonds is 3. The molecule has 3 heterocycles. The predicted octanol–water partition coefficient (Wildman–Crippen LogP) is 3.47. The molecule has 0 saturated carbocycles. The summed E-state index contributed by atoms with van der Waals surface area (Å²) in [5.74, 6) is -0.0687. The van der Waals surface area contributed by atoms with E-state index in [0.717, 1.165) is 28.2 Å². The monoisotopic (exact) mass is 412 g/mol. The summed E-state index contributed by atoms with van der Waals surface area (Å²) in [6.07, 6.45) is 4.92. The zero-order valence-electron chi connectivity index (χ0n) is 14.0. The Morgan fingerprint density at radius 1 is 1.15 bits per heavy atom. The van der Waals surface area contributed by atoms with Gasteiger partial charge < -0.3 is 9.64 Å². The summed E-state index contributed by atoms with van der Waals surface area (Å²) in [6.45, 7) is 1.21. The van der Waals surface area contributed by atoms with Gasteiger partial charge in [-0.1, -0.05) is 24.3 Å². The second-order valence-corrected chi connectivity index (χ2v) is 7.12. The van der Waals surface area contributed by atoms with Crippen LogP contribution < -0.4 is 4.74 Å². The number of pyridine rings is 1. The number of nitrogens with zero attached hydrogens (tertiary/aromatic N) is 4. The van der Waals surface area contributed by atoms with Gasteiger partial charge in [0.25, 0.3) is 5.91 Å². The Kier molecular flexibility index (Phi) is 4.79. The molecule has 4 rings (SSSR count). The van der Waals surface area contributed by atoms with Gasteiger partial charge in [-0.15, -0.1) is 0 Å². The van der Waals surface area contributed by atoms with Gasteiger partial charge in [-0.05, 0) is 40.9 Å². The first-order chi connectivity index (χ1) is 12.7. The van der Waals surface area contributed by atoms with Crippen molar-refractivity contribution in [1.82, 2.24) is 19.9 Å². The molecule has 132 valence electrons. The van der Waals surface area contributed by atoms with Crippen LogP contribution in [-0.4, -0.2) is 45.0 Å². The van der Waals surface area contributed by atoms with E-state index in [1.54, 1.807) is 23.4 Å². The predicted molar refractivity (Wildman–Crippen MR) is 101 cm³/mol. The Labute approximate surface area is 159 Å². The Morgan fingerprint density at radius 2 is 1.96 bits per heavy atom. The number of carbonyl (C=O) groups is 1. The van der Waals surface area contributed by atoms with E-state index in [9.17, 15) is 4.79 Å². The first-order valence-corrected chi connectivity index (χ1v) is 9.27. The average Bonchev–Trinajstić information content (AvgIpc) is 2.69. The minimum absolute atomic E-state index is 0.0687. The van der Waals surface area contributed by atoms with E-state index in [1.165, 1.54) is 0 Å². The number of piperidine rings is 1. The lowest BCUT2D eigenvalue weighted by Crippen LogP contribution is -2.44. The van der Waals surface area contributed by atoms with Crippen LogP contribution in [0.1, 0.15) is 23.3 Å². The molecule has 1 aromatic carbocycles. The average molecular weight is 413 g/mol. The normalized spacial score (nSPS) is 17.3. The van der Waals surface area contributed by atoms with E-state index in [1.807, 2.05) is 30.3 Å². The fourth-order valence-corrected chi connectivity index (χ4v) is 3.28. The number of hydrogen-bond acceptors (Lipinski definition) is 5. The van der Waals surface area contributed by atoms with Gasteiger partial charge in [0.1, 0.15) is 11.8 Å². The number of likely N-dealkylation sites (tertiary alicyclic amines) is 1. The van der Waals surface area contributed by atoms with Crippen LogP contribution in [0, 0.1) is 0 Å². The summed E-state index contributed by atoms with van der Waals surface area (Å²) in [6, 6.07) is 11.8. The van der Waals surface area contributed by atoms with E-state index in [4.69, 9.17) is 4.74 Å². The van der Waals surface area contributed by atoms with Crippen molar-refractivity contribution in [2.45, 2.75) is 18.9 Å². The maximum absolute atomic E-state index is 12.9. The van der Waals surface area contributed by atoms with Crippen LogP contribution in [0.3, 0.4) is 0 Å². The molecule has 0 spiro atoms. The second-order valence-electron chi connectivity index (χ2n) is 6.21. The van der Waals surface area contributed by atoms with Crippen molar-refractivity contribution in [1.29, 1.82) is 0 Å². The maximum atomic E-state index is 12.9. The Morgan fingerprint density at radius 3 is 2.81 bits per heavy atom. The standard InChI is InChI=1S/C19H17BrN4O2/c20-14-10-21-19(22-11-14)26-15-5-3-9-24(12-15)18(25)17-8-7-13-4-1-2-6-16(13)23-17/h1-2,4,6-8,10-11,15H,3,5,9,12H2/t15-/m1/s1. The quantitative estimate of drug-likeness (QED) is 0.658. The van der Waals surface area contributed by atoms with Gasteiger partial charge in [-0.3, -0.25) is 4.79 Å². The van der Waals surface area contributed by atoms with Crippen LogP contribution in [0.5, 0.6) is 6.01 Å². The molecule has 1 amide bonds. The third-order valence-corrected chi connectivity index (χ3v) is 4.76. The third kappa shape index (κ3) is 3.67. The van der Waals surface area contributed by atoms with Gasteiger partial charge in [-0.2, -0.15) is 0 Å². The van der Waals surface area contributed by atoms with E-state index in [2.05, 4.69) is 30.9 Å². The zero-order chi connectivity index (χ0) is 17.9. The molecule has 1 aliphatic rings. The maximum Gasteiger partial charge on any atom is 0.316 e. The Bertz CT molecular complexity index is 932. The number of hydrogen-bond donors (Lipinski definition) is 0. The van der Waals surface area contributed by atoms with E-state index in [0.29, 0.717) is 24.8 Å². The molecule has 1 saturated heterocycles. The SMILES string of the molecule is O=C(c1ccc2ccccc2n1)N1CCC[C@@H](Oc2ncc(Br)cn2)C1. The zero-order valence-corrected chi connectivity index (χ0v) is 15.6. The molecule has 0 radical (unpaired) electrons. The third-order valence-electron chi connectivity index (χ3n) is 4.35. The molecule has 1 aliphatic heterocycles. The molecule has 3 aromatic rings. The van der Waals surface area contributed by atoms with Crippen LogP contribution in [0.25, 0.3) is 10.9 Å². The topological polar surface area (TPSA) is 68.2 Å². The largest absolute Gasteiger partial charge is 0.458 e. The fraction of sp³-hybridized carbons (Fsp3) is 0.263.